The molecule has 3 aromatic carbocycles. The van der Waals surface area contributed by atoms with Gasteiger partial charge in [-0.3, -0.25) is 19.8 Å². The molecule has 1 unspecified atom stereocenters. The van der Waals surface area contributed by atoms with Crippen molar-refractivity contribution in [3.05, 3.63) is 83.9 Å². The summed E-state index contributed by atoms with van der Waals surface area (Å²) in [6, 6.07) is 21.0. The number of benzene rings is 3. The molecule has 3 aromatic rings. The number of rotatable bonds is 6. The summed E-state index contributed by atoms with van der Waals surface area (Å²) in [7, 11) is 0. The molecule has 1 heterocycles. The zero-order valence-corrected chi connectivity index (χ0v) is 19.1. The van der Waals surface area contributed by atoms with Crippen LogP contribution in [-0.4, -0.2) is 28.9 Å². The normalized spacial score (nSPS) is 15.5. The quantitative estimate of drug-likeness (QED) is 0.526. The third-order valence-electron chi connectivity index (χ3n) is 6.00. The Hall–Kier alpha value is -4.13. The second-order valence-corrected chi connectivity index (χ2v) is 8.43. The van der Waals surface area contributed by atoms with Crippen molar-refractivity contribution in [3.8, 4) is 16.9 Å². The molecule has 0 spiro atoms. The molecule has 3 amide bonds. The molecule has 0 radical (unpaired) electrons. The van der Waals surface area contributed by atoms with Gasteiger partial charge in [-0.15, -0.1) is 0 Å². The van der Waals surface area contributed by atoms with Crippen LogP contribution in [0.5, 0.6) is 5.75 Å². The number of aryl methyl sites for hydroxylation is 1. The molecular weight excluding hydrogens is 430 g/mol. The molecule has 0 bridgehead atoms. The fourth-order valence-electron chi connectivity index (χ4n) is 4.13. The van der Waals surface area contributed by atoms with Gasteiger partial charge in [-0.2, -0.15) is 0 Å². The van der Waals surface area contributed by atoms with Crippen molar-refractivity contribution >= 4 is 23.4 Å². The number of nitrogens with zero attached hydrogens (tertiary/aromatic N) is 1. The van der Waals surface area contributed by atoms with Gasteiger partial charge < -0.3 is 10.4 Å². The van der Waals surface area contributed by atoms with Crippen LogP contribution in [0.1, 0.15) is 37.3 Å². The molecule has 0 aliphatic carbocycles. The standard InChI is InChI=1S/C27H27N3O4/c1-17-21-10-3-4-11-22(21)23-12-5-6-13-24(23)30(27(17)34)29-26(33)18(2)28-25(32)15-14-19-8-7-9-20(31)16-19/h3-13,16-18,31H,14-15H2,1-2H3,(H,28,32)(H,29,33)/t17?,18-/m0/s1. The van der Waals surface area contributed by atoms with E-state index in [-0.39, 0.29) is 24.0 Å². The second kappa shape index (κ2) is 9.79. The van der Waals surface area contributed by atoms with Crippen LogP contribution in [0.25, 0.3) is 11.1 Å². The van der Waals surface area contributed by atoms with Crippen molar-refractivity contribution in [1.82, 2.24) is 10.7 Å². The predicted molar refractivity (Wildman–Crippen MR) is 130 cm³/mol. The number of para-hydroxylation sites is 1. The summed E-state index contributed by atoms with van der Waals surface area (Å²) in [6.45, 7) is 3.40. The van der Waals surface area contributed by atoms with Crippen LogP contribution in [0.2, 0.25) is 0 Å². The number of hydrogen-bond acceptors (Lipinski definition) is 4. The van der Waals surface area contributed by atoms with E-state index >= 15 is 0 Å². The summed E-state index contributed by atoms with van der Waals surface area (Å²) < 4.78 is 0. The molecular formula is C27H27N3O4. The van der Waals surface area contributed by atoms with Crippen molar-refractivity contribution in [2.24, 2.45) is 0 Å². The fourth-order valence-corrected chi connectivity index (χ4v) is 4.13. The zero-order chi connectivity index (χ0) is 24.2. The van der Waals surface area contributed by atoms with Crippen LogP contribution in [0.3, 0.4) is 0 Å². The molecule has 34 heavy (non-hydrogen) atoms. The van der Waals surface area contributed by atoms with Gasteiger partial charge in [0.2, 0.25) is 5.91 Å². The third kappa shape index (κ3) is 4.78. The lowest BCUT2D eigenvalue weighted by atomic mass is 9.92. The molecule has 4 rings (SSSR count). The topological polar surface area (TPSA) is 98.7 Å². The van der Waals surface area contributed by atoms with E-state index in [4.69, 9.17) is 0 Å². The van der Waals surface area contributed by atoms with Crippen molar-refractivity contribution < 1.29 is 19.5 Å². The highest BCUT2D eigenvalue weighted by atomic mass is 16.3. The lowest BCUT2D eigenvalue weighted by Crippen LogP contribution is -2.54. The molecule has 0 fully saturated rings. The first-order valence-electron chi connectivity index (χ1n) is 11.2. The van der Waals surface area contributed by atoms with Crippen molar-refractivity contribution in [3.63, 3.8) is 0 Å². The minimum atomic E-state index is -0.849. The number of hydrogen-bond donors (Lipinski definition) is 3. The molecule has 7 heteroatoms. The molecule has 0 saturated carbocycles. The van der Waals surface area contributed by atoms with E-state index in [9.17, 15) is 19.5 Å². The van der Waals surface area contributed by atoms with Gasteiger partial charge in [-0.1, -0.05) is 54.6 Å². The van der Waals surface area contributed by atoms with Crippen molar-refractivity contribution in [2.75, 3.05) is 5.01 Å². The van der Waals surface area contributed by atoms with Crippen LogP contribution in [-0.2, 0) is 20.8 Å². The predicted octanol–water partition coefficient (Wildman–Crippen LogP) is 3.68. The van der Waals surface area contributed by atoms with Gasteiger partial charge in [-0.05, 0) is 55.2 Å². The van der Waals surface area contributed by atoms with E-state index in [0.717, 1.165) is 22.3 Å². The molecule has 0 aromatic heterocycles. The number of fused-ring (bicyclic) bond motifs is 3. The Balaban J connectivity index is 1.46. The molecule has 1 aliphatic rings. The smallest absolute Gasteiger partial charge is 0.261 e. The average molecular weight is 458 g/mol. The summed E-state index contributed by atoms with van der Waals surface area (Å²) in [5.41, 5.74) is 6.81. The van der Waals surface area contributed by atoms with Crippen LogP contribution in [0.4, 0.5) is 5.69 Å². The molecule has 174 valence electrons. The SMILES string of the molecule is CC1C(=O)N(NC(=O)[C@H](C)NC(=O)CCc2cccc(O)c2)c2ccccc2-c2ccccc21. The highest BCUT2D eigenvalue weighted by molar-refractivity contribution is 6.06. The lowest BCUT2D eigenvalue weighted by Gasteiger charge is -2.27. The second-order valence-electron chi connectivity index (χ2n) is 8.43. The van der Waals surface area contributed by atoms with Gasteiger partial charge in [-0.25, -0.2) is 5.01 Å². The Labute approximate surface area is 198 Å². The van der Waals surface area contributed by atoms with Gasteiger partial charge in [0.1, 0.15) is 11.8 Å². The zero-order valence-electron chi connectivity index (χ0n) is 19.1. The first-order chi connectivity index (χ1) is 16.3. The fraction of sp³-hybridized carbons (Fsp3) is 0.222. The summed E-state index contributed by atoms with van der Waals surface area (Å²) in [4.78, 5) is 38.7. The first-order valence-corrected chi connectivity index (χ1v) is 11.2. The average Bonchev–Trinajstić information content (AvgIpc) is 2.92. The number of carbonyl (C=O) groups excluding carboxylic acids is 3. The maximum Gasteiger partial charge on any atom is 0.261 e. The van der Waals surface area contributed by atoms with Crippen LogP contribution in [0.15, 0.2) is 72.8 Å². The Morgan fingerprint density at radius 3 is 2.47 bits per heavy atom. The van der Waals surface area contributed by atoms with Crippen LogP contribution in [0, 0.1) is 0 Å². The number of aromatic hydroxyl groups is 1. The summed E-state index contributed by atoms with van der Waals surface area (Å²) in [6.07, 6.45) is 0.598. The van der Waals surface area contributed by atoms with Gasteiger partial charge in [0.15, 0.2) is 0 Å². The van der Waals surface area contributed by atoms with Gasteiger partial charge in [0, 0.05) is 12.0 Å². The Bertz CT molecular complexity index is 1240. The maximum absolute atomic E-state index is 13.3. The Kier molecular flexibility index (Phi) is 6.63. The number of hydrazine groups is 1. The van der Waals surface area contributed by atoms with E-state index < -0.39 is 17.9 Å². The summed E-state index contributed by atoms with van der Waals surface area (Å²) in [5.74, 6) is -1.37. The van der Waals surface area contributed by atoms with E-state index in [0.29, 0.717) is 12.1 Å². The molecule has 3 N–H and O–H groups in total. The van der Waals surface area contributed by atoms with E-state index in [1.807, 2.05) is 55.5 Å². The molecule has 7 nitrogen and oxygen atoms in total. The van der Waals surface area contributed by atoms with E-state index in [1.54, 1.807) is 31.2 Å². The van der Waals surface area contributed by atoms with Gasteiger partial charge >= 0.3 is 0 Å². The molecule has 0 saturated heterocycles. The number of amides is 3. The Morgan fingerprint density at radius 1 is 1.00 bits per heavy atom. The highest BCUT2D eigenvalue weighted by Crippen LogP contribution is 2.39. The van der Waals surface area contributed by atoms with Crippen molar-refractivity contribution in [2.45, 2.75) is 38.6 Å². The van der Waals surface area contributed by atoms with Crippen LogP contribution < -0.4 is 15.8 Å². The third-order valence-corrected chi connectivity index (χ3v) is 6.00. The minimum absolute atomic E-state index is 0.143. The minimum Gasteiger partial charge on any atom is -0.508 e. The molecule has 2 atom stereocenters. The number of anilines is 1. The summed E-state index contributed by atoms with van der Waals surface area (Å²) in [5, 5.41) is 13.5. The van der Waals surface area contributed by atoms with Crippen molar-refractivity contribution in [1.29, 1.82) is 0 Å². The highest BCUT2D eigenvalue weighted by Gasteiger charge is 2.33. The summed E-state index contributed by atoms with van der Waals surface area (Å²) >= 11 is 0. The number of carbonyl (C=O) groups is 3. The molecule has 1 aliphatic heterocycles. The Morgan fingerprint density at radius 2 is 1.71 bits per heavy atom. The first kappa shape index (κ1) is 23.0. The van der Waals surface area contributed by atoms with E-state index in [1.165, 1.54) is 5.01 Å². The van der Waals surface area contributed by atoms with E-state index in [2.05, 4.69) is 10.7 Å². The van der Waals surface area contributed by atoms with Gasteiger partial charge in [0.05, 0.1) is 11.6 Å². The van der Waals surface area contributed by atoms with Crippen LogP contribution >= 0.6 is 0 Å². The largest absolute Gasteiger partial charge is 0.508 e. The number of nitrogens with one attached hydrogen (secondary N) is 2. The maximum atomic E-state index is 13.3. The number of phenols is 1. The monoisotopic (exact) mass is 457 g/mol. The lowest BCUT2D eigenvalue weighted by molar-refractivity contribution is -0.130. The number of phenolic OH excluding ortho intramolecular Hbond substituents is 1. The van der Waals surface area contributed by atoms with Gasteiger partial charge in [0.25, 0.3) is 11.8 Å².